The van der Waals surface area contributed by atoms with Crippen LogP contribution in [-0.4, -0.2) is 53.8 Å². The van der Waals surface area contributed by atoms with Crippen LogP contribution >= 0.6 is 0 Å². The van der Waals surface area contributed by atoms with E-state index in [-0.39, 0.29) is 36.2 Å². The normalized spacial score (nSPS) is 27.0. The molecule has 1 aromatic rings. The third kappa shape index (κ3) is 5.70. The van der Waals surface area contributed by atoms with Gasteiger partial charge in [0.05, 0.1) is 18.7 Å². The molecule has 7 nitrogen and oxygen atoms in total. The maximum absolute atomic E-state index is 13.0. The number of nitrogens with zero attached hydrogens (tertiary/aromatic N) is 1. The van der Waals surface area contributed by atoms with Gasteiger partial charge in [-0.1, -0.05) is 25.1 Å². The molecule has 172 valence electrons. The molecular weight excluding hydrogens is 394 g/mol. The molecular formula is C24H37N3O4. The van der Waals surface area contributed by atoms with E-state index < -0.39 is 5.60 Å². The first-order chi connectivity index (χ1) is 14.6. The van der Waals surface area contributed by atoms with Crippen LogP contribution in [0.3, 0.4) is 0 Å². The van der Waals surface area contributed by atoms with Gasteiger partial charge < -0.3 is 25.0 Å². The number of likely N-dealkylation sites (tertiary alicyclic amines) is 1. The van der Waals surface area contributed by atoms with Gasteiger partial charge in [-0.2, -0.15) is 0 Å². The van der Waals surface area contributed by atoms with Crippen molar-refractivity contribution < 1.29 is 19.1 Å². The quantitative estimate of drug-likeness (QED) is 0.761. The third-order valence-electron chi connectivity index (χ3n) is 6.19. The van der Waals surface area contributed by atoms with E-state index in [4.69, 9.17) is 9.47 Å². The Bertz CT molecular complexity index is 791. The highest BCUT2D eigenvalue weighted by atomic mass is 16.6. The summed E-state index contributed by atoms with van der Waals surface area (Å²) in [6, 6.07) is 7.33. The van der Waals surface area contributed by atoms with Crippen molar-refractivity contribution in [3.8, 4) is 5.75 Å². The van der Waals surface area contributed by atoms with E-state index in [2.05, 4.69) is 17.6 Å². The van der Waals surface area contributed by atoms with Gasteiger partial charge in [-0.15, -0.1) is 0 Å². The number of hydrogen-bond acceptors (Lipinski definition) is 5. The fourth-order valence-corrected chi connectivity index (χ4v) is 4.43. The lowest BCUT2D eigenvalue weighted by Crippen LogP contribution is -2.61. The van der Waals surface area contributed by atoms with E-state index in [0.29, 0.717) is 19.1 Å². The van der Waals surface area contributed by atoms with Crippen molar-refractivity contribution in [1.82, 2.24) is 15.5 Å². The van der Waals surface area contributed by atoms with Crippen molar-refractivity contribution in [3.63, 3.8) is 0 Å². The van der Waals surface area contributed by atoms with Gasteiger partial charge in [0.25, 0.3) is 0 Å². The number of carbonyl (C=O) groups excluding carboxylic acids is 2. The molecule has 2 N–H and O–H groups in total. The summed E-state index contributed by atoms with van der Waals surface area (Å²) in [6.07, 6.45) is 1.32. The molecule has 0 spiro atoms. The zero-order valence-corrected chi connectivity index (χ0v) is 19.6. The fourth-order valence-electron chi connectivity index (χ4n) is 4.43. The average molecular weight is 432 g/mol. The van der Waals surface area contributed by atoms with Crippen LogP contribution in [0, 0.1) is 5.92 Å². The van der Waals surface area contributed by atoms with E-state index in [9.17, 15) is 9.59 Å². The van der Waals surface area contributed by atoms with Crippen molar-refractivity contribution in [1.29, 1.82) is 0 Å². The van der Waals surface area contributed by atoms with Crippen molar-refractivity contribution >= 4 is 12.0 Å². The molecule has 2 aliphatic rings. The smallest absolute Gasteiger partial charge is 0.410 e. The van der Waals surface area contributed by atoms with Crippen LogP contribution < -0.4 is 15.4 Å². The van der Waals surface area contributed by atoms with Crippen LogP contribution in [0.2, 0.25) is 0 Å². The van der Waals surface area contributed by atoms with Crippen molar-refractivity contribution in [2.75, 3.05) is 13.2 Å². The molecule has 1 saturated heterocycles. The first-order valence-electron chi connectivity index (χ1n) is 11.3. The molecule has 0 saturated carbocycles. The molecule has 2 amide bonds. The summed E-state index contributed by atoms with van der Waals surface area (Å²) in [5.74, 6) is 1.13. The Hall–Kier alpha value is -2.28. The van der Waals surface area contributed by atoms with Crippen molar-refractivity contribution in [3.05, 3.63) is 29.8 Å². The maximum atomic E-state index is 13.0. The van der Waals surface area contributed by atoms with E-state index >= 15 is 0 Å². The Morgan fingerprint density at radius 3 is 2.61 bits per heavy atom. The van der Waals surface area contributed by atoms with Crippen molar-refractivity contribution in [2.24, 2.45) is 5.92 Å². The first kappa shape index (κ1) is 23.4. The SMILES string of the molecule is C[C@H](N[C@@H]1[C@H](C)CCN(C(=O)OC(C)(C)C)[C@H]1C)C(=O)N[C@@H]1CCOc2ccccc21. The Labute approximate surface area is 185 Å². The van der Waals surface area contributed by atoms with Crippen LogP contribution in [0.4, 0.5) is 4.79 Å². The number of hydrogen-bond donors (Lipinski definition) is 2. The summed E-state index contributed by atoms with van der Waals surface area (Å²) in [6.45, 7) is 12.9. The van der Waals surface area contributed by atoms with Crippen LogP contribution in [0.1, 0.15) is 66.0 Å². The largest absolute Gasteiger partial charge is 0.493 e. The molecule has 2 aliphatic heterocycles. The molecule has 0 bridgehead atoms. The van der Waals surface area contributed by atoms with E-state index in [1.165, 1.54) is 0 Å². The van der Waals surface area contributed by atoms with Gasteiger partial charge in [-0.05, 0) is 53.0 Å². The Balaban J connectivity index is 1.62. The number of carbonyl (C=O) groups is 2. The monoisotopic (exact) mass is 431 g/mol. The molecule has 3 rings (SSSR count). The van der Waals surface area contributed by atoms with Crippen LogP contribution in [0.5, 0.6) is 5.75 Å². The van der Waals surface area contributed by atoms with Crippen LogP contribution in [0.15, 0.2) is 24.3 Å². The minimum absolute atomic E-state index is 0.00370. The molecule has 0 aliphatic carbocycles. The molecule has 0 radical (unpaired) electrons. The predicted molar refractivity (Wildman–Crippen MR) is 120 cm³/mol. The highest BCUT2D eigenvalue weighted by Crippen LogP contribution is 2.31. The average Bonchev–Trinajstić information content (AvgIpc) is 2.69. The van der Waals surface area contributed by atoms with Gasteiger partial charge >= 0.3 is 6.09 Å². The Kier molecular flexibility index (Phi) is 7.14. The molecule has 7 heteroatoms. The summed E-state index contributed by atoms with van der Waals surface area (Å²) in [7, 11) is 0. The zero-order valence-electron chi connectivity index (χ0n) is 19.6. The number of para-hydroxylation sites is 1. The minimum Gasteiger partial charge on any atom is -0.493 e. The van der Waals surface area contributed by atoms with E-state index in [1.807, 2.05) is 58.9 Å². The second-order valence-corrected chi connectivity index (χ2v) is 9.83. The number of rotatable bonds is 4. The van der Waals surface area contributed by atoms with Gasteiger partial charge in [0, 0.05) is 30.6 Å². The maximum Gasteiger partial charge on any atom is 0.410 e. The highest BCUT2D eigenvalue weighted by Gasteiger charge is 2.38. The fraction of sp³-hybridized carbons (Fsp3) is 0.667. The predicted octanol–water partition coefficient (Wildman–Crippen LogP) is 3.64. The molecule has 0 unspecified atom stereocenters. The number of benzene rings is 1. The molecule has 1 fully saturated rings. The molecule has 5 atom stereocenters. The number of fused-ring (bicyclic) bond motifs is 1. The second-order valence-electron chi connectivity index (χ2n) is 9.83. The first-order valence-corrected chi connectivity index (χ1v) is 11.3. The molecule has 1 aromatic carbocycles. The lowest BCUT2D eigenvalue weighted by molar-refractivity contribution is -0.124. The van der Waals surface area contributed by atoms with Crippen LogP contribution in [-0.2, 0) is 9.53 Å². The summed E-state index contributed by atoms with van der Waals surface area (Å²) < 4.78 is 11.3. The summed E-state index contributed by atoms with van der Waals surface area (Å²) in [5, 5.41) is 6.66. The summed E-state index contributed by atoms with van der Waals surface area (Å²) >= 11 is 0. The summed E-state index contributed by atoms with van der Waals surface area (Å²) in [4.78, 5) is 27.4. The number of piperidine rings is 1. The molecule has 2 heterocycles. The van der Waals surface area contributed by atoms with Gasteiger partial charge in [0.15, 0.2) is 0 Å². The van der Waals surface area contributed by atoms with E-state index in [1.54, 1.807) is 4.90 Å². The van der Waals surface area contributed by atoms with Gasteiger partial charge in [0.1, 0.15) is 11.4 Å². The number of nitrogens with one attached hydrogen (secondary N) is 2. The third-order valence-corrected chi connectivity index (χ3v) is 6.19. The topological polar surface area (TPSA) is 79.9 Å². The Morgan fingerprint density at radius 1 is 1.19 bits per heavy atom. The minimum atomic E-state index is -0.532. The summed E-state index contributed by atoms with van der Waals surface area (Å²) in [5.41, 5.74) is 0.487. The highest BCUT2D eigenvalue weighted by molar-refractivity contribution is 5.82. The van der Waals surface area contributed by atoms with Gasteiger partial charge in [0.2, 0.25) is 5.91 Å². The van der Waals surface area contributed by atoms with Gasteiger partial charge in [-0.25, -0.2) is 4.79 Å². The number of ether oxygens (including phenoxy) is 2. The van der Waals surface area contributed by atoms with Crippen LogP contribution in [0.25, 0.3) is 0 Å². The zero-order chi connectivity index (χ0) is 22.8. The van der Waals surface area contributed by atoms with E-state index in [0.717, 1.165) is 24.2 Å². The molecule has 0 aromatic heterocycles. The number of amides is 2. The van der Waals surface area contributed by atoms with Crippen molar-refractivity contribution in [2.45, 2.75) is 84.2 Å². The Morgan fingerprint density at radius 2 is 1.90 bits per heavy atom. The second kappa shape index (κ2) is 9.47. The van der Waals surface area contributed by atoms with Gasteiger partial charge in [-0.3, -0.25) is 4.79 Å². The lowest BCUT2D eigenvalue weighted by Gasteiger charge is -2.44. The molecule has 31 heavy (non-hydrogen) atoms. The lowest BCUT2D eigenvalue weighted by atomic mass is 9.87. The standard InChI is InChI=1S/C24H37N3O4/c1-15-11-13-27(23(29)31-24(4,5)6)17(3)21(15)25-16(2)22(28)26-19-12-14-30-20-10-8-7-9-18(19)20/h7-10,15-17,19,21,25H,11-14H2,1-6H3,(H,26,28)/t15-,16+,17+,19-,21-/m1/s1.